The number of carbonyl (C=O) groups is 1. The molecule has 1 rings (SSSR count). The van der Waals surface area contributed by atoms with Crippen molar-refractivity contribution in [2.75, 3.05) is 18.9 Å². The number of benzene rings is 1. The summed E-state index contributed by atoms with van der Waals surface area (Å²) in [5.41, 5.74) is 6.46. The SMILES string of the molecule is CC(C)NC[C@H](O)COC(=O)c1cccc(N)c1. The van der Waals surface area contributed by atoms with Crippen molar-refractivity contribution in [3.8, 4) is 0 Å². The van der Waals surface area contributed by atoms with Crippen LogP contribution in [0.3, 0.4) is 0 Å². The minimum Gasteiger partial charge on any atom is -0.459 e. The molecule has 5 nitrogen and oxygen atoms in total. The summed E-state index contributed by atoms with van der Waals surface area (Å²) in [5.74, 6) is -0.481. The number of nitrogens with two attached hydrogens (primary N) is 1. The maximum absolute atomic E-state index is 11.6. The third-order valence-corrected chi connectivity index (χ3v) is 2.29. The van der Waals surface area contributed by atoms with E-state index >= 15 is 0 Å². The Hall–Kier alpha value is -1.59. The van der Waals surface area contributed by atoms with Crippen molar-refractivity contribution in [3.63, 3.8) is 0 Å². The van der Waals surface area contributed by atoms with Crippen molar-refractivity contribution >= 4 is 11.7 Å². The minimum absolute atomic E-state index is 0.0344. The van der Waals surface area contributed by atoms with E-state index in [0.29, 0.717) is 17.8 Å². The zero-order chi connectivity index (χ0) is 13.5. The molecule has 0 fully saturated rings. The lowest BCUT2D eigenvalue weighted by Gasteiger charge is -2.14. The first kappa shape index (κ1) is 14.5. The molecule has 0 saturated heterocycles. The van der Waals surface area contributed by atoms with Gasteiger partial charge < -0.3 is 20.9 Å². The molecule has 0 radical (unpaired) electrons. The molecule has 1 aromatic carbocycles. The Morgan fingerprint density at radius 1 is 1.50 bits per heavy atom. The Bertz CT molecular complexity index is 394. The summed E-state index contributed by atoms with van der Waals surface area (Å²) < 4.78 is 4.99. The first-order chi connectivity index (χ1) is 8.49. The standard InChI is InChI=1S/C13H20N2O3/c1-9(2)15-7-12(16)8-18-13(17)10-4-3-5-11(14)6-10/h3-6,9,12,15-16H,7-8,14H2,1-2H3/t12-/m0/s1. The topological polar surface area (TPSA) is 84.6 Å². The molecule has 0 aromatic heterocycles. The molecule has 0 aliphatic rings. The van der Waals surface area contributed by atoms with Crippen LogP contribution in [0.5, 0.6) is 0 Å². The van der Waals surface area contributed by atoms with E-state index in [1.807, 2.05) is 13.8 Å². The number of nitrogens with one attached hydrogen (secondary N) is 1. The molecule has 1 aromatic rings. The molecule has 0 bridgehead atoms. The number of anilines is 1. The number of ether oxygens (including phenoxy) is 1. The Morgan fingerprint density at radius 2 is 2.22 bits per heavy atom. The van der Waals surface area contributed by atoms with Crippen LogP contribution < -0.4 is 11.1 Å². The van der Waals surface area contributed by atoms with Crippen molar-refractivity contribution in [2.24, 2.45) is 0 Å². The van der Waals surface area contributed by atoms with Gasteiger partial charge in [0.2, 0.25) is 0 Å². The lowest BCUT2D eigenvalue weighted by atomic mass is 10.2. The van der Waals surface area contributed by atoms with E-state index in [9.17, 15) is 9.90 Å². The Labute approximate surface area is 107 Å². The van der Waals surface area contributed by atoms with Crippen LogP contribution in [0.4, 0.5) is 5.69 Å². The maximum Gasteiger partial charge on any atom is 0.338 e. The van der Waals surface area contributed by atoms with E-state index in [-0.39, 0.29) is 12.6 Å². The van der Waals surface area contributed by atoms with Crippen LogP contribution in [0, 0.1) is 0 Å². The molecular weight excluding hydrogens is 232 g/mol. The summed E-state index contributed by atoms with van der Waals surface area (Å²) in [6, 6.07) is 6.82. The van der Waals surface area contributed by atoms with Gasteiger partial charge in [0, 0.05) is 18.3 Å². The van der Waals surface area contributed by atoms with Crippen LogP contribution in [-0.4, -0.2) is 36.4 Å². The van der Waals surface area contributed by atoms with Crippen LogP contribution in [0.1, 0.15) is 24.2 Å². The molecule has 0 heterocycles. The molecule has 0 aliphatic heterocycles. The van der Waals surface area contributed by atoms with E-state index in [4.69, 9.17) is 10.5 Å². The monoisotopic (exact) mass is 252 g/mol. The number of hydrogen-bond donors (Lipinski definition) is 3. The van der Waals surface area contributed by atoms with Gasteiger partial charge in [-0.15, -0.1) is 0 Å². The van der Waals surface area contributed by atoms with Crippen LogP contribution in [0.2, 0.25) is 0 Å². The Morgan fingerprint density at radius 3 is 2.83 bits per heavy atom. The lowest BCUT2D eigenvalue weighted by molar-refractivity contribution is 0.0256. The van der Waals surface area contributed by atoms with Gasteiger partial charge in [0.25, 0.3) is 0 Å². The number of aliphatic hydroxyl groups excluding tert-OH is 1. The van der Waals surface area contributed by atoms with Crippen molar-refractivity contribution in [3.05, 3.63) is 29.8 Å². The number of aliphatic hydroxyl groups is 1. The summed E-state index contributed by atoms with van der Waals surface area (Å²) >= 11 is 0. The molecular formula is C13H20N2O3. The van der Waals surface area contributed by atoms with E-state index in [2.05, 4.69) is 5.32 Å². The van der Waals surface area contributed by atoms with Gasteiger partial charge in [0.1, 0.15) is 12.7 Å². The highest BCUT2D eigenvalue weighted by molar-refractivity contribution is 5.90. The summed E-state index contributed by atoms with van der Waals surface area (Å²) in [6.45, 7) is 4.31. The van der Waals surface area contributed by atoms with Crippen LogP contribution >= 0.6 is 0 Å². The van der Waals surface area contributed by atoms with Crippen LogP contribution in [0.15, 0.2) is 24.3 Å². The number of rotatable bonds is 6. The van der Waals surface area contributed by atoms with E-state index < -0.39 is 12.1 Å². The Balaban J connectivity index is 2.37. The van der Waals surface area contributed by atoms with Crippen LogP contribution in [-0.2, 0) is 4.74 Å². The second-order valence-electron chi connectivity index (χ2n) is 4.44. The van der Waals surface area contributed by atoms with Gasteiger partial charge in [0.05, 0.1) is 5.56 Å². The second kappa shape index (κ2) is 6.98. The number of hydrogen-bond acceptors (Lipinski definition) is 5. The molecule has 0 aliphatic carbocycles. The van der Waals surface area contributed by atoms with Gasteiger partial charge in [-0.3, -0.25) is 0 Å². The van der Waals surface area contributed by atoms with E-state index in [0.717, 1.165) is 0 Å². The summed E-state index contributed by atoms with van der Waals surface area (Å²) in [7, 11) is 0. The molecule has 0 amide bonds. The summed E-state index contributed by atoms with van der Waals surface area (Å²) in [6.07, 6.45) is -0.711. The van der Waals surface area contributed by atoms with Gasteiger partial charge >= 0.3 is 5.97 Å². The molecule has 1 atom stereocenters. The summed E-state index contributed by atoms with van der Waals surface area (Å²) in [4.78, 5) is 11.6. The molecule has 0 unspecified atom stereocenters. The first-order valence-corrected chi connectivity index (χ1v) is 5.93. The normalized spacial score (nSPS) is 12.4. The smallest absolute Gasteiger partial charge is 0.338 e. The van der Waals surface area contributed by atoms with E-state index in [1.165, 1.54) is 0 Å². The highest BCUT2D eigenvalue weighted by Crippen LogP contribution is 2.08. The van der Waals surface area contributed by atoms with Crippen molar-refractivity contribution in [1.82, 2.24) is 5.32 Å². The molecule has 18 heavy (non-hydrogen) atoms. The molecule has 5 heteroatoms. The number of nitrogen functional groups attached to an aromatic ring is 1. The lowest BCUT2D eigenvalue weighted by Crippen LogP contribution is -2.35. The Kier molecular flexibility index (Phi) is 5.61. The summed E-state index contributed by atoms with van der Waals surface area (Å²) in [5, 5.41) is 12.6. The molecule has 100 valence electrons. The number of carbonyl (C=O) groups excluding carboxylic acids is 1. The highest BCUT2D eigenvalue weighted by atomic mass is 16.5. The van der Waals surface area contributed by atoms with E-state index in [1.54, 1.807) is 24.3 Å². The zero-order valence-electron chi connectivity index (χ0n) is 10.7. The third kappa shape index (κ3) is 5.16. The fourth-order valence-electron chi connectivity index (χ4n) is 1.35. The zero-order valence-corrected chi connectivity index (χ0v) is 10.7. The highest BCUT2D eigenvalue weighted by Gasteiger charge is 2.11. The minimum atomic E-state index is -0.711. The predicted molar refractivity (Wildman–Crippen MR) is 70.3 cm³/mol. The molecule has 4 N–H and O–H groups in total. The van der Waals surface area contributed by atoms with Crippen molar-refractivity contribution in [2.45, 2.75) is 26.0 Å². The average molecular weight is 252 g/mol. The van der Waals surface area contributed by atoms with Crippen molar-refractivity contribution in [1.29, 1.82) is 0 Å². The van der Waals surface area contributed by atoms with Crippen molar-refractivity contribution < 1.29 is 14.6 Å². The molecule has 0 saturated carbocycles. The van der Waals surface area contributed by atoms with Gasteiger partial charge in [-0.25, -0.2) is 4.79 Å². The molecule has 0 spiro atoms. The maximum atomic E-state index is 11.6. The van der Waals surface area contributed by atoms with Gasteiger partial charge in [-0.1, -0.05) is 19.9 Å². The fraction of sp³-hybridized carbons (Fsp3) is 0.462. The number of esters is 1. The fourth-order valence-corrected chi connectivity index (χ4v) is 1.35. The van der Waals surface area contributed by atoms with Gasteiger partial charge in [0.15, 0.2) is 0 Å². The second-order valence-corrected chi connectivity index (χ2v) is 4.44. The van der Waals surface area contributed by atoms with Gasteiger partial charge in [-0.2, -0.15) is 0 Å². The first-order valence-electron chi connectivity index (χ1n) is 5.93. The van der Waals surface area contributed by atoms with Crippen LogP contribution in [0.25, 0.3) is 0 Å². The average Bonchev–Trinajstić information content (AvgIpc) is 2.33. The van der Waals surface area contributed by atoms with Gasteiger partial charge in [-0.05, 0) is 18.2 Å². The largest absolute Gasteiger partial charge is 0.459 e. The predicted octanol–water partition coefficient (Wildman–Crippen LogP) is 0.784. The quantitative estimate of drug-likeness (QED) is 0.515. The third-order valence-electron chi connectivity index (χ3n) is 2.29.